The van der Waals surface area contributed by atoms with E-state index < -0.39 is 5.97 Å². The van der Waals surface area contributed by atoms with Crippen LogP contribution in [0.25, 0.3) is 0 Å². The van der Waals surface area contributed by atoms with E-state index in [1.54, 1.807) is 6.08 Å². The number of hydrogen-bond donors (Lipinski definition) is 1. The molecular formula is C24H28O2. The van der Waals surface area contributed by atoms with Gasteiger partial charge in [-0.15, -0.1) is 0 Å². The van der Waals surface area contributed by atoms with Crippen molar-refractivity contribution in [1.82, 2.24) is 0 Å². The second kappa shape index (κ2) is 7.38. The SMILES string of the molecule is C=C(/C=C\C(C#Cc1ccc2c(c1)C(C)(C)CCC2(C)C)=C/C)C(=O)O. The van der Waals surface area contributed by atoms with E-state index in [0.29, 0.717) is 0 Å². The van der Waals surface area contributed by atoms with Crippen molar-refractivity contribution in [1.29, 1.82) is 0 Å². The van der Waals surface area contributed by atoms with Gasteiger partial charge in [0.2, 0.25) is 0 Å². The van der Waals surface area contributed by atoms with Gasteiger partial charge in [-0.3, -0.25) is 0 Å². The maximum atomic E-state index is 10.8. The summed E-state index contributed by atoms with van der Waals surface area (Å²) < 4.78 is 0. The fourth-order valence-electron chi connectivity index (χ4n) is 3.28. The molecule has 0 saturated carbocycles. The Bertz CT molecular complexity index is 852. The lowest BCUT2D eigenvalue weighted by atomic mass is 9.63. The molecule has 0 fully saturated rings. The molecule has 2 rings (SSSR count). The first-order valence-corrected chi connectivity index (χ1v) is 9.00. The predicted octanol–water partition coefficient (Wildman–Crippen LogP) is 5.53. The fraction of sp³-hybridized carbons (Fsp3) is 0.375. The van der Waals surface area contributed by atoms with Gasteiger partial charge < -0.3 is 5.11 Å². The summed E-state index contributed by atoms with van der Waals surface area (Å²) in [4.78, 5) is 10.8. The van der Waals surface area contributed by atoms with Gasteiger partial charge in [0.25, 0.3) is 0 Å². The Labute approximate surface area is 157 Å². The van der Waals surface area contributed by atoms with Gasteiger partial charge in [-0.05, 0) is 66.0 Å². The molecule has 0 spiro atoms. The third-order valence-corrected chi connectivity index (χ3v) is 5.25. The molecule has 136 valence electrons. The number of allylic oxidation sites excluding steroid dienone is 3. The number of hydrogen-bond acceptors (Lipinski definition) is 1. The van der Waals surface area contributed by atoms with Crippen LogP contribution in [-0.4, -0.2) is 11.1 Å². The molecule has 0 aliphatic heterocycles. The predicted molar refractivity (Wildman–Crippen MR) is 108 cm³/mol. The second-order valence-corrected chi connectivity index (χ2v) is 8.19. The highest BCUT2D eigenvalue weighted by atomic mass is 16.4. The first-order valence-electron chi connectivity index (χ1n) is 9.00. The molecule has 0 atom stereocenters. The molecule has 1 aliphatic rings. The van der Waals surface area contributed by atoms with Crippen molar-refractivity contribution < 1.29 is 9.90 Å². The van der Waals surface area contributed by atoms with Crippen molar-refractivity contribution in [2.75, 3.05) is 0 Å². The Kier molecular flexibility index (Phi) is 5.62. The molecular weight excluding hydrogens is 320 g/mol. The van der Waals surface area contributed by atoms with Gasteiger partial charge in [-0.2, -0.15) is 0 Å². The average Bonchev–Trinajstić information content (AvgIpc) is 2.58. The highest BCUT2D eigenvalue weighted by molar-refractivity contribution is 5.89. The number of rotatable bonds is 3. The number of aliphatic carboxylic acids is 1. The molecule has 0 heterocycles. The molecule has 0 radical (unpaired) electrons. The van der Waals surface area contributed by atoms with Gasteiger partial charge in [-0.25, -0.2) is 4.79 Å². The van der Waals surface area contributed by atoms with E-state index in [-0.39, 0.29) is 16.4 Å². The normalized spacial score (nSPS) is 18.0. The largest absolute Gasteiger partial charge is 0.478 e. The van der Waals surface area contributed by atoms with E-state index in [1.165, 1.54) is 30.0 Å². The first-order chi connectivity index (χ1) is 12.1. The van der Waals surface area contributed by atoms with Crippen molar-refractivity contribution in [3.63, 3.8) is 0 Å². The second-order valence-electron chi connectivity index (χ2n) is 8.19. The summed E-state index contributed by atoms with van der Waals surface area (Å²) >= 11 is 0. The van der Waals surface area contributed by atoms with Crippen LogP contribution in [0, 0.1) is 11.8 Å². The van der Waals surface area contributed by atoms with Crippen LogP contribution in [0.1, 0.15) is 64.2 Å². The maximum absolute atomic E-state index is 10.8. The fourth-order valence-corrected chi connectivity index (χ4v) is 3.28. The molecule has 2 nitrogen and oxygen atoms in total. The van der Waals surface area contributed by atoms with E-state index in [4.69, 9.17) is 5.11 Å². The van der Waals surface area contributed by atoms with E-state index in [1.807, 2.05) is 13.0 Å². The molecule has 0 unspecified atom stereocenters. The van der Waals surface area contributed by atoms with Gasteiger partial charge in [-0.1, -0.05) is 58.3 Å². The number of carboxylic acid groups (broad SMARTS) is 1. The molecule has 1 N–H and O–H groups in total. The van der Waals surface area contributed by atoms with Crippen molar-refractivity contribution >= 4 is 5.97 Å². The standard InChI is InChI=1S/C24H28O2/c1-7-18(9-8-17(2)22(25)26)10-11-19-12-13-20-21(16-19)24(5,6)15-14-23(20,3)4/h7-9,12-13,16H,2,14-15H2,1,3-6H3,(H,25,26)/b9-8-,18-7+. The zero-order valence-corrected chi connectivity index (χ0v) is 16.4. The summed E-state index contributed by atoms with van der Waals surface area (Å²) in [5, 5.41) is 8.87. The molecule has 0 bridgehead atoms. The Morgan fingerprint density at radius 1 is 1.12 bits per heavy atom. The third-order valence-electron chi connectivity index (χ3n) is 5.25. The molecule has 1 aromatic rings. The van der Waals surface area contributed by atoms with Crippen LogP contribution in [0.15, 0.2) is 54.2 Å². The van der Waals surface area contributed by atoms with Crippen LogP contribution in [0.4, 0.5) is 0 Å². The zero-order chi connectivity index (χ0) is 19.5. The van der Waals surface area contributed by atoms with Crippen molar-refractivity contribution in [3.05, 3.63) is 70.8 Å². The highest BCUT2D eigenvalue weighted by Gasteiger charge is 2.36. The molecule has 0 aromatic heterocycles. The van der Waals surface area contributed by atoms with Crippen molar-refractivity contribution in [2.24, 2.45) is 0 Å². The van der Waals surface area contributed by atoms with E-state index >= 15 is 0 Å². The molecule has 2 heteroatoms. The number of fused-ring (bicyclic) bond motifs is 1. The van der Waals surface area contributed by atoms with Crippen LogP contribution >= 0.6 is 0 Å². The molecule has 26 heavy (non-hydrogen) atoms. The van der Waals surface area contributed by atoms with E-state index in [2.05, 4.69) is 64.3 Å². The zero-order valence-electron chi connectivity index (χ0n) is 16.4. The topological polar surface area (TPSA) is 37.3 Å². The summed E-state index contributed by atoms with van der Waals surface area (Å²) in [5.41, 5.74) is 4.96. The summed E-state index contributed by atoms with van der Waals surface area (Å²) in [6, 6.07) is 6.52. The van der Waals surface area contributed by atoms with Crippen LogP contribution in [0.5, 0.6) is 0 Å². The average molecular weight is 348 g/mol. The Morgan fingerprint density at radius 2 is 1.73 bits per heavy atom. The van der Waals surface area contributed by atoms with Gasteiger partial charge in [0.15, 0.2) is 0 Å². The highest BCUT2D eigenvalue weighted by Crippen LogP contribution is 2.45. The van der Waals surface area contributed by atoms with Crippen molar-refractivity contribution in [2.45, 2.75) is 58.3 Å². The Morgan fingerprint density at radius 3 is 2.31 bits per heavy atom. The summed E-state index contributed by atoms with van der Waals surface area (Å²) in [6.45, 7) is 14.6. The van der Waals surface area contributed by atoms with Gasteiger partial charge in [0.1, 0.15) is 0 Å². The Hall–Kier alpha value is -2.53. The van der Waals surface area contributed by atoms with Crippen molar-refractivity contribution in [3.8, 4) is 11.8 Å². The first kappa shape index (κ1) is 19.8. The quantitative estimate of drug-likeness (QED) is 0.443. The lowest BCUT2D eigenvalue weighted by molar-refractivity contribution is -0.132. The van der Waals surface area contributed by atoms with Crippen LogP contribution in [-0.2, 0) is 15.6 Å². The van der Waals surface area contributed by atoms with Crippen LogP contribution < -0.4 is 0 Å². The molecule has 1 aliphatic carbocycles. The van der Waals surface area contributed by atoms with Gasteiger partial charge >= 0.3 is 5.97 Å². The summed E-state index contributed by atoms with van der Waals surface area (Å²) in [5.74, 6) is 5.32. The van der Waals surface area contributed by atoms with E-state index in [0.717, 1.165) is 11.1 Å². The monoisotopic (exact) mass is 348 g/mol. The lowest BCUT2D eigenvalue weighted by Crippen LogP contribution is -2.33. The van der Waals surface area contributed by atoms with E-state index in [9.17, 15) is 4.79 Å². The lowest BCUT2D eigenvalue weighted by Gasteiger charge is -2.41. The minimum absolute atomic E-state index is 0.0453. The van der Waals surface area contributed by atoms with Crippen LogP contribution in [0.3, 0.4) is 0 Å². The maximum Gasteiger partial charge on any atom is 0.335 e. The minimum Gasteiger partial charge on any atom is -0.478 e. The Balaban J connectivity index is 2.34. The number of carbonyl (C=O) groups is 1. The van der Waals surface area contributed by atoms with Gasteiger partial charge in [0, 0.05) is 11.1 Å². The van der Waals surface area contributed by atoms with Gasteiger partial charge in [0.05, 0.1) is 5.57 Å². The minimum atomic E-state index is -1.02. The number of benzene rings is 1. The third kappa shape index (κ3) is 4.35. The molecule has 1 aromatic carbocycles. The summed E-state index contributed by atoms with van der Waals surface area (Å²) in [6.07, 6.45) is 7.40. The number of carboxylic acids is 1. The van der Waals surface area contributed by atoms with Crippen LogP contribution in [0.2, 0.25) is 0 Å². The summed E-state index contributed by atoms with van der Waals surface area (Å²) in [7, 11) is 0. The smallest absolute Gasteiger partial charge is 0.335 e. The molecule has 0 amide bonds. The molecule has 0 saturated heterocycles.